The molecule has 0 radical (unpaired) electrons. The molecule has 1 saturated heterocycles. The Morgan fingerprint density at radius 1 is 1.26 bits per heavy atom. The Kier molecular flexibility index (Phi) is 4.41. The van der Waals surface area contributed by atoms with E-state index >= 15 is 0 Å². The molecule has 1 fully saturated rings. The monoisotopic (exact) mass is 382 g/mol. The van der Waals surface area contributed by atoms with Gasteiger partial charge in [-0.3, -0.25) is 9.59 Å². The van der Waals surface area contributed by atoms with Crippen molar-refractivity contribution in [2.24, 2.45) is 11.7 Å². The lowest BCUT2D eigenvalue weighted by molar-refractivity contribution is -0.120. The van der Waals surface area contributed by atoms with Crippen molar-refractivity contribution >= 4 is 44.2 Å². The molecule has 1 aromatic heterocycles. The molecule has 4 rings (SSSR count). The summed E-state index contributed by atoms with van der Waals surface area (Å²) in [6.45, 7) is 1.17. The van der Waals surface area contributed by atoms with Gasteiger partial charge >= 0.3 is 0 Å². The lowest BCUT2D eigenvalue weighted by Gasteiger charge is -2.38. The van der Waals surface area contributed by atoms with Gasteiger partial charge in [0.25, 0.3) is 5.91 Å². The Hall–Kier alpha value is -3.13. The van der Waals surface area contributed by atoms with E-state index in [1.54, 1.807) is 42.7 Å². The second-order valence-corrected chi connectivity index (χ2v) is 7.34. The van der Waals surface area contributed by atoms with Gasteiger partial charge in [0, 0.05) is 13.1 Å². The SMILES string of the molecule is COc1ccc2nc(N3CC(C(=O)Nc4ccccc4C(N)=O)C3)sc2c1. The highest BCUT2D eigenvalue weighted by atomic mass is 32.1. The second-order valence-electron chi connectivity index (χ2n) is 6.33. The van der Waals surface area contributed by atoms with Crippen molar-refractivity contribution in [3.63, 3.8) is 0 Å². The van der Waals surface area contributed by atoms with E-state index in [2.05, 4.69) is 15.2 Å². The summed E-state index contributed by atoms with van der Waals surface area (Å²) in [7, 11) is 1.64. The van der Waals surface area contributed by atoms with Crippen LogP contribution >= 0.6 is 11.3 Å². The number of anilines is 2. The maximum atomic E-state index is 12.5. The maximum Gasteiger partial charge on any atom is 0.250 e. The molecule has 2 aromatic carbocycles. The molecule has 0 unspecified atom stereocenters. The highest BCUT2D eigenvalue weighted by Crippen LogP contribution is 2.34. The number of carbonyl (C=O) groups excluding carboxylic acids is 2. The Balaban J connectivity index is 1.42. The van der Waals surface area contributed by atoms with E-state index in [0.29, 0.717) is 24.3 Å². The molecule has 0 saturated carbocycles. The van der Waals surface area contributed by atoms with Crippen LogP contribution in [-0.4, -0.2) is 37.0 Å². The number of para-hydroxylation sites is 1. The van der Waals surface area contributed by atoms with Gasteiger partial charge < -0.3 is 20.7 Å². The zero-order valence-electron chi connectivity index (χ0n) is 14.6. The molecule has 8 heteroatoms. The minimum atomic E-state index is -0.564. The summed E-state index contributed by atoms with van der Waals surface area (Å²) in [4.78, 5) is 30.6. The van der Waals surface area contributed by atoms with Crippen molar-refractivity contribution in [1.82, 2.24) is 4.98 Å². The lowest BCUT2D eigenvalue weighted by Crippen LogP contribution is -2.52. The number of primary amides is 1. The fourth-order valence-electron chi connectivity index (χ4n) is 3.00. The normalized spacial score (nSPS) is 14.0. The quantitative estimate of drug-likeness (QED) is 0.706. The summed E-state index contributed by atoms with van der Waals surface area (Å²) in [5.74, 6) is -0.0482. The molecule has 3 N–H and O–H groups in total. The maximum absolute atomic E-state index is 12.5. The van der Waals surface area contributed by atoms with E-state index in [-0.39, 0.29) is 11.8 Å². The van der Waals surface area contributed by atoms with E-state index in [4.69, 9.17) is 10.5 Å². The first kappa shape index (κ1) is 17.3. The molecule has 0 spiro atoms. The fraction of sp³-hybridized carbons (Fsp3) is 0.211. The van der Waals surface area contributed by atoms with Crippen molar-refractivity contribution in [2.45, 2.75) is 0 Å². The van der Waals surface area contributed by atoms with Crippen LogP contribution in [0.2, 0.25) is 0 Å². The summed E-state index contributed by atoms with van der Waals surface area (Å²) >= 11 is 1.58. The van der Waals surface area contributed by atoms with E-state index < -0.39 is 5.91 Å². The molecular weight excluding hydrogens is 364 g/mol. The number of aromatic nitrogens is 1. The third-order valence-electron chi connectivity index (χ3n) is 4.56. The zero-order valence-corrected chi connectivity index (χ0v) is 15.5. The first-order valence-electron chi connectivity index (χ1n) is 8.44. The molecule has 1 aliphatic rings. The smallest absolute Gasteiger partial charge is 0.250 e. The summed E-state index contributed by atoms with van der Waals surface area (Å²) in [5.41, 5.74) is 7.02. The molecule has 0 bridgehead atoms. The van der Waals surface area contributed by atoms with Gasteiger partial charge in [0.2, 0.25) is 5.91 Å². The number of hydrogen-bond acceptors (Lipinski definition) is 6. The predicted molar refractivity (Wildman–Crippen MR) is 105 cm³/mol. The number of nitrogens with one attached hydrogen (secondary N) is 1. The van der Waals surface area contributed by atoms with Gasteiger partial charge in [0.1, 0.15) is 5.75 Å². The first-order valence-corrected chi connectivity index (χ1v) is 9.26. The number of nitrogens with two attached hydrogens (primary N) is 1. The summed E-state index contributed by atoms with van der Waals surface area (Å²) in [6.07, 6.45) is 0. The van der Waals surface area contributed by atoms with Gasteiger partial charge in [0.15, 0.2) is 5.13 Å². The van der Waals surface area contributed by atoms with Crippen molar-refractivity contribution in [2.75, 3.05) is 30.4 Å². The minimum Gasteiger partial charge on any atom is -0.497 e. The number of thiazole rings is 1. The highest BCUT2D eigenvalue weighted by Gasteiger charge is 2.34. The van der Waals surface area contributed by atoms with Gasteiger partial charge in [0.05, 0.1) is 34.5 Å². The average molecular weight is 382 g/mol. The lowest BCUT2D eigenvalue weighted by atomic mass is 9.99. The van der Waals surface area contributed by atoms with Crippen LogP contribution in [-0.2, 0) is 4.79 Å². The molecule has 7 nitrogen and oxygen atoms in total. The molecule has 1 aliphatic heterocycles. The molecule has 0 aliphatic carbocycles. The van der Waals surface area contributed by atoms with Gasteiger partial charge in [-0.15, -0.1) is 0 Å². The number of hydrogen-bond donors (Lipinski definition) is 2. The van der Waals surface area contributed by atoms with E-state index in [9.17, 15) is 9.59 Å². The van der Waals surface area contributed by atoms with Crippen molar-refractivity contribution in [3.8, 4) is 5.75 Å². The molecule has 27 heavy (non-hydrogen) atoms. The van der Waals surface area contributed by atoms with Gasteiger partial charge in [-0.25, -0.2) is 4.98 Å². The third-order valence-corrected chi connectivity index (χ3v) is 5.64. The minimum absolute atomic E-state index is 0.122. The number of nitrogens with zero attached hydrogens (tertiary/aromatic N) is 2. The van der Waals surface area contributed by atoms with E-state index in [1.807, 2.05) is 18.2 Å². The number of rotatable bonds is 5. The van der Waals surface area contributed by atoms with E-state index in [1.165, 1.54) is 0 Å². The van der Waals surface area contributed by atoms with E-state index in [0.717, 1.165) is 21.1 Å². The Labute approximate surface area is 159 Å². The zero-order chi connectivity index (χ0) is 19.0. The fourth-order valence-corrected chi connectivity index (χ4v) is 4.01. The molecule has 3 aromatic rings. The van der Waals surface area contributed by atoms with Crippen LogP contribution in [0.5, 0.6) is 5.75 Å². The summed E-state index contributed by atoms with van der Waals surface area (Å²) < 4.78 is 6.29. The average Bonchev–Trinajstić information content (AvgIpc) is 3.03. The van der Waals surface area contributed by atoms with Crippen LogP contribution in [0.4, 0.5) is 10.8 Å². The van der Waals surface area contributed by atoms with Crippen LogP contribution < -0.4 is 20.7 Å². The number of methoxy groups -OCH3 is 1. The first-order chi connectivity index (χ1) is 13.0. The van der Waals surface area contributed by atoms with Gasteiger partial charge in [-0.1, -0.05) is 23.5 Å². The van der Waals surface area contributed by atoms with Crippen LogP contribution in [0.25, 0.3) is 10.2 Å². The molecule has 138 valence electrons. The van der Waals surface area contributed by atoms with Crippen LogP contribution in [0.3, 0.4) is 0 Å². The van der Waals surface area contributed by atoms with Crippen molar-refractivity contribution < 1.29 is 14.3 Å². The number of amides is 2. The number of carbonyl (C=O) groups is 2. The topological polar surface area (TPSA) is 97.6 Å². The Bertz CT molecular complexity index is 1030. The van der Waals surface area contributed by atoms with Crippen LogP contribution in [0.1, 0.15) is 10.4 Å². The summed E-state index contributed by atoms with van der Waals surface area (Å²) in [5, 5.41) is 3.70. The number of fused-ring (bicyclic) bond motifs is 1. The van der Waals surface area contributed by atoms with Gasteiger partial charge in [-0.05, 0) is 30.3 Å². The highest BCUT2D eigenvalue weighted by molar-refractivity contribution is 7.22. The standard InChI is InChI=1S/C19H18N4O3S/c1-26-12-6-7-15-16(8-12)27-19(22-15)23-9-11(10-23)18(25)21-14-5-3-2-4-13(14)17(20)24/h2-8,11H,9-10H2,1H3,(H2,20,24)(H,21,25). The number of benzene rings is 2. The molecule has 0 atom stereocenters. The summed E-state index contributed by atoms with van der Waals surface area (Å²) in [6, 6.07) is 12.5. The third kappa shape index (κ3) is 3.31. The van der Waals surface area contributed by atoms with Crippen LogP contribution in [0.15, 0.2) is 42.5 Å². The Morgan fingerprint density at radius 2 is 2.04 bits per heavy atom. The van der Waals surface area contributed by atoms with Crippen molar-refractivity contribution in [3.05, 3.63) is 48.0 Å². The van der Waals surface area contributed by atoms with Gasteiger partial charge in [-0.2, -0.15) is 0 Å². The second kappa shape index (κ2) is 6.88. The Morgan fingerprint density at radius 3 is 2.78 bits per heavy atom. The molecular formula is C19H18N4O3S. The largest absolute Gasteiger partial charge is 0.497 e. The molecule has 2 heterocycles. The van der Waals surface area contributed by atoms with Crippen molar-refractivity contribution in [1.29, 1.82) is 0 Å². The number of ether oxygens (including phenoxy) is 1. The molecule has 2 amide bonds. The predicted octanol–water partition coefficient (Wildman–Crippen LogP) is 2.48. The van der Waals surface area contributed by atoms with Crippen LogP contribution in [0, 0.1) is 5.92 Å².